The molecule has 0 saturated heterocycles. The molecule has 0 radical (unpaired) electrons. The summed E-state index contributed by atoms with van der Waals surface area (Å²) in [5, 5.41) is 6.10. The zero-order valence-electron chi connectivity index (χ0n) is 17.7. The number of hydrogen-bond donors (Lipinski definition) is 2. The molecule has 0 spiro atoms. The van der Waals surface area contributed by atoms with Gasteiger partial charge in [-0.15, -0.1) is 24.0 Å². The molecule has 0 unspecified atom stereocenters. The van der Waals surface area contributed by atoms with Gasteiger partial charge in [-0.05, 0) is 30.7 Å². The Balaban J connectivity index is 0.00000450. The monoisotopic (exact) mass is 528 g/mol. The summed E-state index contributed by atoms with van der Waals surface area (Å²) in [6, 6.07) is 13.8. The first kappa shape index (κ1) is 25.7. The van der Waals surface area contributed by atoms with E-state index in [2.05, 4.69) is 15.6 Å². The molecule has 0 atom stereocenters. The molecule has 2 aromatic carbocycles. The Kier molecular flexibility index (Phi) is 11.8. The van der Waals surface area contributed by atoms with E-state index in [1.165, 1.54) is 12.1 Å². The van der Waals surface area contributed by atoms with Gasteiger partial charge in [-0.1, -0.05) is 30.3 Å². The van der Waals surface area contributed by atoms with Crippen LogP contribution in [0, 0.1) is 5.82 Å². The molecule has 0 aliphatic carbocycles. The first-order valence-electron chi connectivity index (χ1n) is 9.66. The van der Waals surface area contributed by atoms with Gasteiger partial charge in [0.15, 0.2) is 5.96 Å². The number of carbonyl (C=O) groups excluding carboxylic acids is 1. The summed E-state index contributed by atoms with van der Waals surface area (Å²) in [5.41, 5.74) is 1.84. The zero-order valence-corrected chi connectivity index (χ0v) is 20.0. The summed E-state index contributed by atoms with van der Waals surface area (Å²) in [4.78, 5) is 18.6. The van der Waals surface area contributed by atoms with Crippen molar-refractivity contribution in [2.75, 3.05) is 33.8 Å². The SMILES string of the molecule is CCNC(=NCCNC(=O)Cc1ccc(F)cc1)N(C)Cc1ccccc1OC.I. The minimum absolute atomic E-state index is 0. The summed E-state index contributed by atoms with van der Waals surface area (Å²) in [6.45, 7) is 4.28. The summed E-state index contributed by atoms with van der Waals surface area (Å²) >= 11 is 0. The third kappa shape index (κ3) is 8.56. The Morgan fingerprint density at radius 1 is 1.13 bits per heavy atom. The van der Waals surface area contributed by atoms with E-state index >= 15 is 0 Å². The Morgan fingerprint density at radius 2 is 1.83 bits per heavy atom. The topological polar surface area (TPSA) is 66.0 Å². The van der Waals surface area contributed by atoms with Crippen molar-refractivity contribution in [3.63, 3.8) is 0 Å². The minimum atomic E-state index is -0.309. The zero-order chi connectivity index (χ0) is 21.1. The molecular weight excluding hydrogens is 498 g/mol. The number of halogens is 2. The first-order valence-corrected chi connectivity index (χ1v) is 9.66. The lowest BCUT2D eigenvalue weighted by Crippen LogP contribution is -2.39. The lowest BCUT2D eigenvalue weighted by molar-refractivity contribution is -0.120. The van der Waals surface area contributed by atoms with Crippen molar-refractivity contribution in [2.24, 2.45) is 4.99 Å². The number of carbonyl (C=O) groups is 1. The number of nitrogens with one attached hydrogen (secondary N) is 2. The average molecular weight is 528 g/mol. The standard InChI is InChI=1S/C22H29FN4O2.HI/c1-4-24-22(27(2)16-18-7-5-6-8-20(18)29-3)26-14-13-25-21(28)15-17-9-11-19(23)12-10-17;/h5-12H,4,13-16H2,1-3H3,(H,24,26)(H,25,28);1H. The maximum atomic E-state index is 12.9. The maximum Gasteiger partial charge on any atom is 0.224 e. The number of para-hydroxylation sites is 1. The molecule has 164 valence electrons. The lowest BCUT2D eigenvalue weighted by Gasteiger charge is -2.23. The average Bonchev–Trinajstić information content (AvgIpc) is 2.72. The predicted octanol–water partition coefficient (Wildman–Crippen LogP) is 3.21. The van der Waals surface area contributed by atoms with Crippen LogP contribution in [0.1, 0.15) is 18.1 Å². The van der Waals surface area contributed by atoms with Crippen LogP contribution in [0.3, 0.4) is 0 Å². The third-order valence-electron chi connectivity index (χ3n) is 4.27. The molecule has 2 aromatic rings. The lowest BCUT2D eigenvalue weighted by atomic mass is 10.1. The van der Waals surface area contributed by atoms with Crippen LogP contribution in [-0.4, -0.2) is 50.6 Å². The summed E-state index contributed by atoms with van der Waals surface area (Å²) < 4.78 is 18.3. The van der Waals surface area contributed by atoms with Gasteiger partial charge in [0.25, 0.3) is 0 Å². The van der Waals surface area contributed by atoms with Gasteiger partial charge >= 0.3 is 0 Å². The van der Waals surface area contributed by atoms with Crippen LogP contribution in [0.25, 0.3) is 0 Å². The molecule has 0 bridgehead atoms. The molecule has 0 aliphatic rings. The second-order valence-electron chi connectivity index (χ2n) is 6.56. The van der Waals surface area contributed by atoms with E-state index in [1.807, 2.05) is 43.1 Å². The minimum Gasteiger partial charge on any atom is -0.496 e. The van der Waals surface area contributed by atoms with Crippen LogP contribution in [0.4, 0.5) is 4.39 Å². The highest BCUT2D eigenvalue weighted by molar-refractivity contribution is 14.0. The highest BCUT2D eigenvalue weighted by atomic mass is 127. The van der Waals surface area contributed by atoms with Crippen molar-refractivity contribution in [1.29, 1.82) is 0 Å². The Bertz CT molecular complexity index is 815. The van der Waals surface area contributed by atoms with Crippen LogP contribution in [0.15, 0.2) is 53.5 Å². The first-order chi connectivity index (χ1) is 14.0. The van der Waals surface area contributed by atoms with Gasteiger partial charge in [0, 0.05) is 32.2 Å². The highest BCUT2D eigenvalue weighted by Gasteiger charge is 2.10. The molecule has 0 heterocycles. The van der Waals surface area contributed by atoms with Crippen LogP contribution < -0.4 is 15.4 Å². The fourth-order valence-electron chi connectivity index (χ4n) is 2.84. The molecular formula is C22H30FIN4O2. The smallest absolute Gasteiger partial charge is 0.224 e. The normalized spacial score (nSPS) is 10.7. The Hall–Kier alpha value is -2.36. The number of amides is 1. The van der Waals surface area contributed by atoms with Crippen LogP contribution in [0.5, 0.6) is 5.75 Å². The third-order valence-corrected chi connectivity index (χ3v) is 4.27. The van der Waals surface area contributed by atoms with E-state index in [4.69, 9.17) is 4.74 Å². The second-order valence-corrected chi connectivity index (χ2v) is 6.56. The fourth-order valence-corrected chi connectivity index (χ4v) is 2.84. The summed E-state index contributed by atoms with van der Waals surface area (Å²) in [6.07, 6.45) is 0.220. The van der Waals surface area contributed by atoms with Crippen molar-refractivity contribution < 1.29 is 13.9 Å². The second kappa shape index (κ2) is 13.8. The van der Waals surface area contributed by atoms with E-state index in [0.29, 0.717) is 19.6 Å². The molecule has 0 saturated carbocycles. The van der Waals surface area contributed by atoms with E-state index in [0.717, 1.165) is 29.4 Å². The Morgan fingerprint density at radius 3 is 2.50 bits per heavy atom. The van der Waals surface area contributed by atoms with Gasteiger partial charge in [0.1, 0.15) is 11.6 Å². The molecule has 8 heteroatoms. The molecule has 6 nitrogen and oxygen atoms in total. The van der Waals surface area contributed by atoms with Crippen LogP contribution in [0.2, 0.25) is 0 Å². The van der Waals surface area contributed by atoms with Gasteiger partial charge < -0.3 is 20.3 Å². The summed E-state index contributed by atoms with van der Waals surface area (Å²) in [7, 11) is 3.62. The molecule has 30 heavy (non-hydrogen) atoms. The van der Waals surface area contributed by atoms with Crippen LogP contribution >= 0.6 is 24.0 Å². The number of benzene rings is 2. The van der Waals surface area contributed by atoms with Gasteiger partial charge in [-0.25, -0.2) is 4.39 Å². The highest BCUT2D eigenvalue weighted by Crippen LogP contribution is 2.18. The van der Waals surface area contributed by atoms with Gasteiger partial charge in [0.05, 0.1) is 20.1 Å². The van der Waals surface area contributed by atoms with Gasteiger partial charge in [0.2, 0.25) is 5.91 Å². The van der Waals surface area contributed by atoms with Crippen molar-refractivity contribution in [2.45, 2.75) is 19.9 Å². The fraction of sp³-hybridized carbons (Fsp3) is 0.364. The van der Waals surface area contributed by atoms with Crippen molar-refractivity contribution in [1.82, 2.24) is 15.5 Å². The maximum absolute atomic E-state index is 12.9. The van der Waals surface area contributed by atoms with E-state index < -0.39 is 0 Å². The number of guanidine groups is 1. The largest absolute Gasteiger partial charge is 0.496 e. The molecule has 0 aromatic heterocycles. The number of aliphatic imine (C=N–C) groups is 1. The summed E-state index contributed by atoms with van der Waals surface area (Å²) in [5.74, 6) is 1.17. The quantitative estimate of drug-likeness (QED) is 0.227. The molecule has 2 N–H and O–H groups in total. The predicted molar refractivity (Wildman–Crippen MR) is 129 cm³/mol. The molecule has 1 amide bonds. The van der Waals surface area contributed by atoms with E-state index in [-0.39, 0.29) is 42.1 Å². The van der Waals surface area contributed by atoms with Crippen molar-refractivity contribution in [3.8, 4) is 5.75 Å². The molecule has 0 aliphatic heterocycles. The molecule has 2 rings (SSSR count). The van der Waals surface area contributed by atoms with E-state index in [9.17, 15) is 9.18 Å². The van der Waals surface area contributed by atoms with Gasteiger partial charge in [-0.3, -0.25) is 9.79 Å². The number of ether oxygens (including phenoxy) is 1. The number of hydrogen-bond acceptors (Lipinski definition) is 3. The number of nitrogens with zero attached hydrogens (tertiary/aromatic N) is 2. The molecule has 0 fully saturated rings. The Labute approximate surface area is 194 Å². The van der Waals surface area contributed by atoms with Crippen LogP contribution in [-0.2, 0) is 17.8 Å². The number of rotatable bonds is 9. The van der Waals surface area contributed by atoms with Crippen molar-refractivity contribution >= 4 is 35.8 Å². The van der Waals surface area contributed by atoms with Crippen molar-refractivity contribution in [3.05, 3.63) is 65.5 Å². The van der Waals surface area contributed by atoms with Gasteiger partial charge in [-0.2, -0.15) is 0 Å². The number of methoxy groups -OCH3 is 1. The van der Waals surface area contributed by atoms with E-state index in [1.54, 1.807) is 19.2 Å².